The lowest BCUT2D eigenvalue weighted by Gasteiger charge is -2.46. The average molecular weight is 587 g/mol. The summed E-state index contributed by atoms with van der Waals surface area (Å²) in [6.07, 6.45) is 1.08. The molecule has 0 saturated carbocycles. The van der Waals surface area contributed by atoms with Crippen LogP contribution in [0.15, 0.2) is 91.5 Å². The molecule has 42 heavy (non-hydrogen) atoms. The van der Waals surface area contributed by atoms with Gasteiger partial charge in [0, 0.05) is 27.2 Å². The van der Waals surface area contributed by atoms with E-state index in [1.54, 1.807) is 20.9 Å². The number of carbonyl (C=O) groups is 3. The summed E-state index contributed by atoms with van der Waals surface area (Å²) in [4.78, 5) is 46.5. The minimum atomic E-state index is -0.818. The fraction of sp³-hybridized carbons (Fsp3) is 0.281. The van der Waals surface area contributed by atoms with Crippen molar-refractivity contribution < 1.29 is 14.4 Å². The maximum atomic E-state index is 14.1. The van der Waals surface area contributed by atoms with Gasteiger partial charge in [-0.1, -0.05) is 84.4 Å². The van der Waals surface area contributed by atoms with E-state index in [9.17, 15) is 14.4 Å². The van der Waals surface area contributed by atoms with Gasteiger partial charge in [0.05, 0.1) is 30.3 Å². The molecule has 3 aromatic carbocycles. The molecule has 9 nitrogen and oxygen atoms in total. The number of urea groups is 1. The Labute approximate surface area is 251 Å². The number of hydrogen-bond acceptors (Lipinski definition) is 5. The van der Waals surface area contributed by atoms with Crippen molar-refractivity contribution in [3.63, 3.8) is 0 Å². The molecule has 0 radical (unpaired) electrons. The van der Waals surface area contributed by atoms with Gasteiger partial charge in [0.15, 0.2) is 0 Å². The van der Waals surface area contributed by atoms with E-state index in [1.165, 1.54) is 5.01 Å². The van der Waals surface area contributed by atoms with E-state index in [0.29, 0.717) is 18.1 Å². The van der Waals surface area contributed by atoms with Crippen molar-refractivity contribution >= 4 is 35.1 Å². The number of anilines is 1. The van der Waals surface area contributed by atoms with Gasteiger partial charge >= 0.3 is 6.03 Å². The Morgan fingerprint density at radius 3 is 2.38 bits per heavy atom. The van der Waals surface area contributed by atoms with Gasteiger partial charge in [0.2, 0.25) is 5.91 Å². The Kier molecular flexibility index (Phi) is 8.80. The lowest BCUT2D eigenvalue weighted by molar-refractivity contribution is -0.158. The Morgan fingerprint density at radius 1 is 1.02 bits per heavy atom. The van der Waals surface area contributed by atoms with Crippen LogP contribution in [-0.2, 0) is 22.7 Å². The second kappa shape index (κ2) is 12.7. The van der Waals surface area contributed by atoms with Crippen molar-refractivity contribution in [1.29, 1.82) is 0 Å². The van der Waals surface area contributed by atoms with Gasteiger partial charge in [-0.3, -0.25) is 14.6 Å². The molecule has 4 amide bonds. The molecule has 10 heteroatoms. The zero-order valence-corrected chi connectivity index (χ0v) is 24.6. The first-order chi connectivity index (χ1) is 20.3. The largest absolute Gasteiger partial charge is 0.376 e. The van der Waals surface area contributed by atoms with E-state index in [-0.39, 0.29) is 37.5 Å². The summed E-state index contributed by atoms with van der Waals surface area (Å²) < 4.78 is 0. The van der Waals surface area contributed by atoms with Crippen LogP contribution in [0.5, 0.6) is 0 Å². The molecule has 2 atom stereocenters. The summed E-state index contributed by atoms with van der Waals surface area (Å²) in [6, 6.07) is 23.5. The Bertz CT molecular complexity index is 1450. The monoisotopic (exact) mass is 586 g/mol. The molecular weight excluding hydrogens is 552 g/mol. The average Bonchev–Trinajstić information content (AvgIpc) is 3.31. The zero-order chi connectivity index (χ0) is 29.8. The maximum absolute atomic E-state index is 14.1. The van der Waals surface area contributed by atoms with E-state index >= 15 is 0 Å². The van der Waals surface area contributed by atoms with Gasteiger partial charge in [-0.05, 0) is 28.8 Å². The molecule has 2 heterocycles. The SMILES string of the molecule is C=CCN(C(=O)NCc1ccccc1)N1CC(=O)N2[C@@H](c3ccccc3)C(=O)N(Cc3ccc(Cl)c(N(C)C)c3)C[C@@H]21. The highest BCUT2D eigenvalue weighted by atomic mass is 35.5. The van der Waals surface area contributed by atoms with Gasteiger partial charge in [0.25, 0.3) is 5.91 Å². The molecule has 0 aromatic heterocycles. The number of hydrogen-bond donors (Lipinski definition) is 1. The first-order valence-electron chi connectivity index (χ1n) is 13.9. The first kappa shape index (κ1) is 29.2. The van der Waals surface area contributed by atoms with Crippen LogP contribution in [0.2, 0.25) is 5.02 Å². The Balaban J connectivity index is 1.46. The quantitative estimate of drug-likeness (QED) is 0.379. The molecule has 0 spiro atoms. The van der Waals surface area contributed by atoms with E-state index < -0.39 is 12.2 Å². The van der Waals surface area contributed by atoms with Crippen molar-refractivity contribution in [1.82, 2.24) is 25.1 Å². The Hall–Kier alpha value is -4.34. The van der Waals surface area contributed by atoms with Crippen molar-refractivity contribution in [3.8, 4) is 0 Å². The third kappa shape index (κ3) is 5.98. The molecule has 0 bridgehead atoms. The molecule has 0 unspecified atom stereocenters. The lowest BCUT2D eigenvalue weighted by Crippen LogP contribution is -2.62. The van der Waals surface area contributed by atoms with Crippen LogP contribution in [0, 0.1) is 0 Å². The molecule has 2 aliphatic rings. The predicted octanol–water partition coefficient (Wildman–Crippen LogP) is 4.27. The van der Waals surface area contributed by atoms with Gasteiger partial charge in [-0.25, -0.2) is 4.79 Å². The van der Waals surface area contributed by atoms with E-state index in [1.807, 2.05) is 97.9 Å². The summed E-state index contributed by atoms with van der Waals surface area (Å²) in [5.41, 5.74) is 3.45. The molecule has 218 valence electrons. The fourth-order valence-electron chi connectivity index (χ4n) is 5.55. The van der Waals surface area contributed by atoms with Crippen LogP contribution in [-0.4, -0.2) is 77.6 Å². The van der Waals surface area contributed by atoms with Gasteiger partial charge < -0.3 is 20.0 Å². The standard InChI is InChI=1S/C32H35ClN6O3/c1-4-17-37(32(42)34-19-23-11-7-5-8-12-23)38-22-29(40)39-28(38)21-36(31(41)30(39)25-13-9-6-10-14-25)20-24-15-16-26(33)27(18-24)35(2)3/h4-16,18,28,30H,1,17,19-22H2,2-3H3,(H,34,42)/t28-,30+/m1/s1. The number of piperazine rings is 1. The molecule has 2 aliphatic heterocycles. The van der Waals surface area contributed by atoms with Crippen LogP contribution in [0.3, 0.4) is 0 Å². The van der Waals surface area contributed by atoms with E-state index in [4.69, 9.17) is 11.6 Å². The van der Waals surface area contributed by atoms with Crippen LogP contribution < -0.4 is 10.2 Å². The summed E-state index contributed by atoms with van der Waals surface area (Å²) >= 11 is 6.41. The van der Waals surface area contributed by atoms with Crippen molar-refractivity contribution in [2.75, 3.05) is 38.6 Å². The summed E-state index contributed by atoms with van der Waals surface area (Å²) in [6.45, 7) is 4.91. The third-order valence-corrected chi connectivity index (χ3v) is 7.89. The maximum Gasteiger partial charge on any atom is 0.332 e. The second-order valence-electron chi connectivity index (χ2n) is 10.6. The number of benzene rings is 3. The Morgan fingerprint density at radius 2 is 1.71 bits per heavy atom. The number of carbonyl (C=O) groups excluding carboxylic acids is 3. The summed E-state index contributed by atoms with van der Waals surface area (Å²) in [7, 11) is 3.83. The number of amides is 4. The van der Waals surface area contributed by atoms with Gasteiger partial charge in [-0.2, -0.15) is 5.01 Å². The zero-order valence-electron chi connectivity index (χ0n) is 23.8. The normalized spacial score (nSPS) is 18.5. The molecule has 5 rings (SSSR count). The summed E-state index contributed by atoms with van der Waals surface area (Å²) in [5.74, 6) is -0.383. The molecule has 1 N–H and O–H groups in total. The van der Waals surface area contributed by atoms with Crippen LogP contribution in [0.1, 0.15) is 22.7 Å². The van der Waals surface area contributed by atoms with E-state index in [0.717, 1.165) is 22.4 Å². The number of hydrazine groups is 1. The molecule has 2 fully saturated rings. The smallest absolute Gasteiger partial charge is 0.332 e. The lowest BCUT2D eigenvalue weighted by atomic mass is 10.00. The molecule has 3 aromatic rings. The molecular formula is C32H35ClN6O3. The second-order valence-corrected chi connectivity index (χ2v) is 11.0. The predicted molar refractivity (Wildman–Crippen MR) is 163 cm³/mol. The highest BCUT2D eigenvalue weighted by Gasteiger charge is 2.52. The number of nitrogens with zero attached hydrogens (tertiary/aromatic N) is 5. The van der Waals surface area contributed by atoms with Crippen LogP contribution >= 0.6 is 11.6 Å². The number of halogens is 1. The van der Waals surface area contributed by atoms with E-state index in [2.05, 4.69) is 11.9 Å². The topological polar surface area (TPSA) is 79.4 Å². The number of nitrogens with one attached hydrogen (secondary N) is 1. The van der Waals surface area contributed by atoms with Gasteiger partial charge in [0.1, 0.15) is 12.2 Å². The van der Waals surface area contributed by atoms with Crippen LogP contribution in [0.25, 0.3) is 0 Å². The number of rotatable bonds is 9. The van der Waals surface area contributed by atoms with Crippen molar-refractivity contribution in [3.05, 3.63) is 113 Å². The van der Waals surface area contributed by atoms with Crippen molar-refractivity contribution in [2.45, 2.75) is 25.3 Å². The van der Waals surface area contributed by atoms with Crippen LogP contribution in [0.4, 0.5) is 10.5 Å². The minimum absolute atomic E-state index is 0.0343. The highest BCUT2D eigenvalue weighted by Crippen LogP contribution is 2.37. The third-order valence-electron chi connectivity index (χ3n) is 7.57. The fourth-order valence-corrected chi connectivity index (χ4v) is 5.84. The highest BCUT2D eigenvalue weighted by molar-refractivity contribution is 6.33. The van der Waals surface area contributed by atoms with Gasteiger partial charge in [-0.15, -0.1) is 6.58 Å². The number of fused-ring (bicyclic) bond motifs is 1. The minimum Gasteiger partial charge on any atom is -0.376 e. The first-order valence-corrected chi connectivity index (χ1v) is 14.2. The molecule has 0 aliphatic carbocycles. The molecule has 2 saturated heterocycles. The van der Waals surface area contributed by atoms with Crippen molar-refractivity contribution in [2.24, 2.45) is 0 Å². The summed E-state index contributed by atoms with van der Waals surface area (Å²) in [5, 5.41) is 6.86.